The lowest BCUT2D eigenvalue weighted by Crippen LogP contribution is -2.17. The van der Waals surface area contributed by atoms with Gasteiger partial charge < -0.3 is 14.0 Å². The van der Waals surface area contributed by atoms with E-state index in [0.29, 0.717) is 13.2 Å². The Balaban J connectivity index is 1.42. The summed E-state index contributed by atoms with van der Waals surface area (Å²) in [5, 5.41) is 2.31. The van der Waals surface area contributed by atoms with Gasteiger partial charge >= 0.3 is 0 Å². The highest BCUT2D eigenvalue weighted by Crippen LogP contribution is 2.29. The van der Waals surface area contributed by atoms with Crippen LogP contribution in [0.5, 0.6) is 11.5 Å². The molecule has 0 aliphatic heterocycles. The summed E-state index contributed by atoms with van der Waals surface area (Å²) in [7, 11) is 0. The molecule has 1 aromatic heterocycles. The first-order valence-corrected chi connectivity index (χ1v) is 11.5. The van der Waals surface area contributed by atoms with Gasteiger partial charge in [-0.3, -0.25) is 0 Å². The van der Waals surface area contributed by atoms with E-state index in [1.54, 1.807) is 0 Å². The highest BCUT2D eigenvalue weighted by atomic mass is 16.5. The number of fused-ring (bicyclic) bond motifs is 2. The molecule has 0 radical (unpaired) electrons. The molecule has 0 bridgehead atoms. The lowest BCUT2D eigenvalue weighted by molar-refractivity contribution is 0.184. The van der Waals surface area contributed by atoms with Crippen LogP contribution in [0.3, 0.4) is 0 Å². The van der Waals surface area contributed by atoms with E-state index in [4.69, 9.17) is 14.5 Å². The molecule has 4 aromatic carbocycles. The van der Waals surface area contributed by atoms with Crippen LogP contribution in [0.1, 0.15) is 30.8 Å². The number of imidazole rings is 1. The molecule has 1 unspecified atom stereocenters. The summed E-state index contributed by atoms with van der Waals surface area (Å²) in [6, 6.07) is 30.9. The number of ether oxygens (including phenoxy) is 2. The number of nitrogens with zero attached hydrogens (tertiary/aromatic N) is 2. The largest absolute Gasteiger partial charge is 0.491 e. The van der Waals surface area contributed by atoms with Crippen molar-refractivity contribution in [3.05, 3.63) is 102 Å². The quantitative estimate of drug-likeness (QED) is 0.260. The summed E-state index contributed by atoms with van der Waals surface area (Å²) in [6.07, 6.45) is 0.679. The molecule has 5 aromatic rings. The molecule has 0 saturated carbocycles. The van der Waals surface area contributed by atoms with Crippen molar-refractivity contribution < 1.29 is 9.47 Å². The Hall–Kier alpha value is -3.79. The Morgan fingerprint density at radius 1 is 0.879 bits per heavy atom. The van der Waals surface area contributed by atoms with Crippen LogP contribution in [0.25, 0.3) is 21.8 Å². The van der Waals surface area contributed by atoms with Gasteiger partial charge in [-0.1, -0.05) is 67.6 Å². The minimum Gasteiger partial charge on any atom is -0.491 e. The van der Waals surface area contributed by atoms with Crippen molar-refractivity contribution in [2.45, 2.75) is 32.9 Å². The van der Waals surface area contributed by atoms with Gasteiger partial charge in [0.25, 0.3) is 0 Å². The summed E-state index contributed by atoms with van der Waals surface area (Å²) in [6.45, 7) is 5.44. The molecule has 5 rings (SSSR count). The van der Waals surface area contributed by atoms with Crippen LogP contribution in [0, 0.1) is 6.92 Å². The minimum absolute atomic E-state index is 0.142. The van der Waals surface area contributed by atoms with Gasteiger partial charge in [0.2, 0.25) is 0 Å². The van der Waals surface area contributed by atoms with Crippen molar-refractivity contribution in [1.29, 1.82) is 0 Å². The van der Waals surface area contributed by atoms with Gasteiger partial charge in [0.05, 0.1) is 17.6 Å². The lowest BCUT2D eigenvalue weighted by atomic mass is 10.1. The molecular weight excluding hydrogens is 408 g/mol. The summed E-state index contributed by atoms with van der Waals surface area (Å²) in [4.78, 5) is 4.96. The first kappa shape index (κ1) is 21.1. The third kappa shape index (κ3) is 4.42. The summed E-state index contributed by atoms with van der Waals surface area (Å²) in [5.41, 5.74) is 3.25. The first-order chi connectivity index (χ1) is 16.2. The van der Waals surface area contributed by atoms with E-state index in [1.807, 2.05) is 36.4 Å². The number of para-hydroxylation sites is 2. The van der Waals surface area contributed by atoms with Gasteiger partial charge in [-0.2, -0.15) is 0 Å². The molecule has 4 nitrogen and oxygen atoms in total. The van der Waals surface area contributed by atoms with Crippen molar-refractivity contribution in [2.75, 3.05) is 6.61 Å². The summed E-state index contributed by atoms with van der Waals surface area (Å²) < 4.78 is 14.9. The van der Waals surface area contributed by atoms with E-state index in [1.165, 1.54) is 10.9 Å². The average molecular weight is 437 g/mol. The molecule has 0 aliphatic rings. The Bertz CT molecular complexity index is 1380. The maximum atomic E-state index is 6.40. The maximum Gasteiger partial charge on any atom is 0.156 e. The fraction of sp³-hybridized carbons (Fsp3) is 0.207. The van der Waals surface area contributed by atoms with Crippen molar-refractivity contribution >= 4 is 21.8 Å². The Morgan fingerprint density at radius 3 is 2.55 bits per heavy atom. The van der Waals surface area contributed by atoms with Crippen molar-refractivity contribution in [3.63, 3.8) is 0 Å². The zero-order valence-corrected chi connectivity index (χ0v) is 19.1. The number of benzene rings is 4. The predicted molar refractivity (Wildman–Crippen MR) is 134 cm³/mol. The third-order valence-corrected chi connectivity index (χ3v) is 5.93. The Labute approximate surface area is 194 Å². The molecular formula is C29H28N2O2. The van der Waals surface area contributed by atoms with Gasteiger partial charge in [0, 0.05) is 5.39 Å². The topological polar surface area (TPSA) is 36.3 Å². The van der Waals surface area contributed by atoms with Crippen molar-refractivity contribution in [1.82, 2.24) is 9.55 Å². The fourth-order valence-electron chi connectivity index (χ4n) is 4.31. The van der Waals surface area contributed by atoms with Crippen LogP contribution in [-0.2, 0) is 6.54 Å². The Morgan fingerprint density at radius 2 is 1.67 bits per heavy atom. The van der Waals surface area contributed by atoms with Gasteiger partial charge in [0.1, 0.15) is 18.1 Å². The van der Waals surface area contributed by atoms with Crippen LogP contribution < -0.4 is 9.47 Å². The van der Waals surface area contributed by atoms with Gasteiger partial charge in [-0.25, -0.2) is 4.98 Å². The van der Waals surface area contributed by atoms with E-state index in [9.17, 15) is 0 Å². The molecule has 0 spiro atoms. The number of aromatic nitrogens is 2. The molecule has 166 valence electrons. The van der Waals surface area contributed by atoms with E-state index >= 15 is 0 Å². The maximum absolute atomic E-state index is 6.40. The highest BCUT2D eigenvalue weighted by molar-refractivity contribution is 5.88. The van der Waals surface area contributed by atoms with E-state index < -0.39 is 0 Å². The predicted octanol–water partition coefficient (Wildman–Crippen LogP) is 7.11. The fourth-order valence-corrected chi connectivity index (χ4v) is 4.31. The Kier molecular flexibility index (Phi) is 5.99. The molecule has 0 saturated heterocycles. The second kappa shape index (κ2) is 9.37. The van der Waals surface area contributed by atoms with Crippen molar-refractivity contribution in [3.8, 4) is 11.5 Å². The standard InChI is InChI=1S/C29H28N2O2/c1-3-27(33-23-13-8-10-21(2)20-23)29-30-25-15-6-7-16-26(25)31(29)18-19-32-28-17-9-12-22-11-4-5-14-24(22)28/h4-17,20,27H,3,18-19H2,1-2H3. The molecule has 1 heterocycles. The van der Waals surface area contributed by atoms with E-state index in [-0.39, 0.29) is 6.10 Å². The van der Waals surface area contributed by atoms with Crippen LogP contribution >= 0.6 is 0 Å². The van der Waals surface area contributed by atoms with E-state index in [2.05, 4.69) is 73.0 Å². The lowest BCUT2D eigenvalue weighted by Gasteiger charge is -2.20. The normalized spacial score (nSPS) is 12.2. The number of rotatable bonds is 8. The second-order valence-corrected chi connectivity index (χ2v) is 8.27. The SMILES string of the molecule is CCC(Oc1cccc(C)c1)c1nc2ccccc2n1CCOc1cccc2ccccc12. The molecule has 0 N–H and O–H groups in total. The molecule has 0 fully saturated rings. The van der Waals surface area contributed by atoms with Crippen LogP contribution in [0.15, 0.2) is 91.0 Å². The molecule has 4 heteroatoms. The second-order valence-electron chi connectivity index (χ2n) is 8.27. The van der Waals surface area contributed by atoms with Crippen LogP contribution in [0.4, 0.5) is 0 Å². The van der Waals surface area contributed by atoms with Crippen molar-refractivity contribution in [2.24, 2.45) is 0 Å². The average Bonchev–Trinajstić information content (AvgIpc) is 3.21. The van der Waals surface area contributed by atoms with E-state index in [0.717, 1.165) is 40.2 Å². The third-order valence-electron chi connectivity index (χ3n) is 5.93. The van der Waals surface area contributed by atoms with Gasteiger partial charge in [-0.15, -0.1) is 0 Å². The molecule has 0 aliphatic carbocycles. The smallest absolute Gasteiger partial charge is 0.156 e. The zero-order chi connectivity index (χ0) is 22.6. The van der Waals surface area contributed by atoms with Gasteiger partial charge in [-0.05, 0) is 54.6 Å². The van der Waals surface area contributed by atoms with Crippen LogP contribution in [0.2, 0.25) is 0 Å². The number of hydrogen-bond donors (Lipinski definition) is 0. The minimum atomic E-state index is -0.142. The first-order valence-electron chi connectivity index (χ1n) is 11.5. The van der Waals surface area contributed by atoms with Gasteiger partial charge in [0.15, 0.2) is 11.9 Å². The zero-order valence-electron chi connectivity index (χ0n) is 19.1. The number of aryl methyl sites for hydroxylation is 1. The molecule has 33 heavy (non-hydrogen) atoms. The monoisotopic (exact) mass is 436 g/mol. The van der Waals surface area contributed by atoms with Crippen LogP contribution in [-0.4, -0.2) is 16.2 Å². The summed E-state index contributed by atoms with van der Waals surface area (Å²) in [5.74, 6) is 2.70. The summed E-state index contributed by atoms with van der Waals surface area (Å²) >= 11 is 0. The highest BCUT2D eigenvalue weighted by Gasteiger charge is 2.21. The molecule has 0 amide bonds. The number of hydrogen-bond acceptors (Lipinski definition) is 3. The molecule has 1 atom stereocenters.